The number of benzene rings is 1. The molecule has 1 aromatic rings. The van der Waals surface area contributed by atoms with Gasteiger partial charge < -0.3 is 18.8 Å². The van der Waals surface area contributed by atoms with Crippen molar-refractivity contribution in [2.24, 2.45) is 0 Å². The first-order valence-corrected chi connectivity index (χ1v) is 7.41. The maximum atomic E-state index is 6.16. The summed E-state index contributed by atoms with van der Waals surface area (Å²) in [6, 6.07) is 5.50. The molecule has 1 heterocycles. The zero-order chi connectivity index (χ0) is 15.7. The molecule has 0 radical (unpaired) electrons. The van der Waals surface area contributed by atoms with E-state index in [0.717, 1.165) is 5.46 Å². The molecule has 1 saturated heterocycles. The molecule has 0 N–H and O–H groups in total. The van der Waals surface area contributed by atoms with Crippen molar-refractivity contribution in [1.29, 1.82) is 0 Å². The molecule has 4 nitrogen and oxygen atoms in total. The molecule has 1 aliphatic rings. The highest BCUT2D eigenvalue weighted by molar-refractivity contribution is 6.62. The first-order valence-electron chi connectivity index (χ1n) is 7.03. The van der Waals surface area contributed by atoms with E-state index >= 15 is 0 Å². The molecule has 116 valence electrons. The van der Waals surface area contributed by atoms with Crippen molar-refractivity contribution in [1.82, 2.24) is 0 Å². The van der Waals surface area contributed by atoms with Gasteiger partial charge in [0, 0.05) is 12.1 Å². The summed E-state index contributed by atoms with van der Waals surface area (Å²) in [5.41, 5.74) is 0.0993. The molecule has 0 aromatic heterocycles. The fraction of sp³-hybridized carbons (Fsp3) is 0.600. The van der Waals surface area contributed by atoms with Crippen LogP contribution in [0.4, 0.5) is 0 Å². The van der Waals surface area contributed by atoms with Gasteiger partial charge >= 0.3 is 7.12 Å². The van der Waals surface area contributed by atoms with Gasteiger partial charge in [-0.05, 0) is 51.4 Å². The topological polar surface area (TPSA) is 36.9 Å². The van der Waals surface area contributed by atoms with Crippen LogP contribution in [0.1, 0.15) is 27.7 Å². The monoisotopic (exact) mass is 312 g/mol. The third-order valence-electron chi connectivity index (χ3n) is 3.98. The molecule has 21 heavy (non-hydrogen) atoms. The highest BCUT2D eigenvalue weighted by Crippen LogP contribution is 2.36. The van der Waals surface area contributed by atoms with Crippen LogP contribution in [0.2, 0.25) is 5.02 Å². The summed E-state index contributed by atoms with van der Waals surface area (Å²) >= 11 is 6.16. The fourth-order valence-electron chi connectivity index (χ4n) is 2.03. The lowest BCUT2D eigenvalue weighted by Gasteiger charge is -2.32. The van der Waals surface area contributed by atoms with Gasteiger partial charge in [0.15, 0.2) is 0 Å². The zero-order valence-corrected chi connectivity index (χ0v) is 14.0. The minimum atomic E-state index is -0.446. The van der Waals surface area contributed by atoms with Crippen molar-refractivity contribution >= 4 is 24.2 Å². The summed E-state index contributed by atoms with van der Waals surface area (Å²) in [6.07, 6.45) is 0. The van der Waals surface area contributed by atoms with Gasteiger partial charge in [-0.25, -0.2) is 0 Å². The summed E-state index contributed by atoms with van der Waals surface area (Å²) in [5, 5.41) is 0.592. The maximum absolute atomic E-state index is 6.16. The molecule has 1 aliphatic heterocycles. The van der Waals surface area contributed by atoms with E-state index in [2.05, 4.69) is 0 Å². The largest absolute Gasteiger partial charge is 0.495 e. The third kappa shape index (κ3) is 3.72. The molecular weight excluding hydrogens is 290 g/mol. The van der Waals surface area contributed by atoms with E-state index in [1.807, 2.05) is 39.8 Å². The van der Waals surface area contributed by atoms with Crippen molar-refractivity contribution < 1.29 is 18.8 Å². The van der Waals surface area contributed by atoms with E-state index in [9.17, 15) is 0 Å². The Morgan fingerprint density at radius 2 is 1.67 bits per heavy atom. The number of hydrogen-bond donors (Lipinski definition) is 0. The lowest BCUT2D eigenvalue weighted by molar-refractivity contribution is 0.00578. The van der Waals surface area contributed by atoms with E-state index in [4.69, 9.17) is 30.4 Å². The molecule has 0 aliphatic carbocycles. The molecule has 0 bridgehead atoms. The van der Waals surface area contributed by atoms with Crippen molar-refractivity contribution in [3.05, 3.63) is 23.2 Å². The van der Waals surface area contributed by atoms with Crippen LogP contribution in [-0.4, -0.2) is 38.6 Å². The fourth-order valence-corrected chi connectivity index (χ4v) is 2.26. The Morgan fingerprint density at radius 1 is 1.05 bits per heavy atom. The molecule has 0 amide bonds. The van der Waals surface area contributed by atoms with Gasteiger partial charge in [0.25, 0.3) is 0 Å². The van der Waals surface area contributed by atoms with Crippen molar-refractivity contribution in [2.45, 2.75) is 38.9 Å². The van der Waals surface area contributed by atoms with Crippen molar-refractivity contribution in [2.75, 3.05) is 20.3 Å². The third-order valence-corrected chi connectivity index (χ3v) is 4.19. The van der Waals surface area contributed by atoms with Crippen LogP contribution in [0.5, 0.6) is 5.75 Å². The second-order valence-electron chi connectivity index (χ2n) is 6.15. The van der Waals surface area contributed by atoms with Crippen molar-refractivity contribution in [3.8, 4) is 5.75 Å². The summed E-state index contributed by atoms with van der Waals surface area (Å²) in [7, 11) is 1.19. The summed E-state index contributed by atoms with van der Waals surface area (Å²) in [5.74, 6) is 0.685. The van der Waals surface area contributed by atoms with Gasteiger partial charge in [0.2, 0.25) is 0 Å². The van der Waals surface area contributed by atoms with Crippen LogP contribution in [0.25, 0.3) is 0 Å². The quantitative estimate of drug-likeness (QED) is 0.619. The number of ether oxygens (including phenoxy) is 2. The molecule has 0 atom stereocenters. The van der Waals surface area contributed by atoms with Gasteiger partial charge in [-0.3, -0.25) is 0 Å². The Morgan fingerprint density at radius 3 is 2.24 bits per heavy atom. The van der Waals surface area contributed by atoms with Gasteiger partial charge in [-0.2, -0.15) is 0 Å². The number of rotatable bonds is 5. The first kappa shape index (κ1) is 16.6. The number of halogens is 1. The minimum Gasteiger partial charge on any atom is -0.491 e. The van der Waals surface area contributed by atoms with Crippen LogP contribution in [0.15, 0.2) is 18.2 Å². The van der Waals surface area contributed by atoms with E-state index in [1.165, 1.54) is 0 Å². The van der Waals surface area contributed by atoms with E-state index in [1.54, 1.807) is 13.2 Å². The Bertz CT molecular complexity index is 488. The molecule has 0 unspecified atom stereocenters. The van der Waals surface area contributed by atoms with Crippen LogP contribution < -0.4 is 10.2 Å². The summed E-state index contributed by atoms with van der Waals surface area (Å²) in [4.78, 5) is 0. The number of hydrogen-bond acceptors (Lipinski definition) is 4. The van der Waals surface area contributed by atoms with Crippen molar-refractivity contribution in [3.63, 3.8) is 0 Å². The molecule has 1 aromatic carbocycles. The predicted octanol–water partition coefficient (Wildman–Crippen LogP) is 2.66. The van der Waals surface area contributed by atoms with Crippen LogP contribution in [-0.2, 0) is 14.0 Å². The van der Waals surface area contributed by atoms with Gasteiger partial charge in [0.05, 0.1) is 17.8 Å². The Balaban J connectivity index is 2.17. The van der Waals surface area contributed by atoms with Crippen LogP contribution in [0, 0.1) is 0 Å². The Labute approximate surface area is 131 Å². The molecule has 1 fully saturated rings. The second kappa shape index (κ2) is 6.17. The smallest absolute Gasteiger partial charge is 0.491 e. The molecule has 2 rings (SSSR count). The second-order valence-corrected chi connectivity index (χ2v) is 6.59. The SMILES string of the molecule is COCCOc1cc(Cl)cc(B2OC(C)(C)C(C)(C)O2)c1. The first-order chi connectivity index (χ1) is 9.75. The molecular formula is C15H22BClO4. The average molecular weight is 313 g/mol. The van der Waals surface area contributed by atoms with E-state index < -0.39 is 7.12 Å². The number of methoxy groups -OCH3 is 1. The van der Waals surface area contributed by atoms with Gasteiger partial charge in [-0.1, -0.05) is 11.6 Å². The van der Waals surface area contributed by atoms with Crippen LogP contribution in [0.3, 0.4) is 0 Å². The van der Waals surface area contributed by atoms with Gasteiger partial charge in [0.1, 0.15) is 12.4 Å². The summed E-state index contributed by atoms with van der Waals surface area (Å²) < 4.78 is 22.6. The van der Waals surface area contributed by atoms with Crippen LogP contribution >= 0.6 is 11.6 Å². The lowest BCUT2D eigenvalue weighted by Crippen LogP contribution is -2.41. The highest BCUT2D eigenvalue weighted by Gasteiger charge is 2.51. The average Bonchev–Trinajstić information content (AvgIpc) is 2.58. The normalized spacial score (nSPS) is 19.8. The standard InChI is InChI=1S/C15H22BClO4/c1-14(2)15(3,4)21-16(20-14)11-8-12(17)10-13(9-11)19-7-6-18-5/h8-10H,6-7H2,1-5H3. The zero-order valence-electron chi connectivity index (χ0n) is 13.2. The van der Waals surface area contributed by atoms with E-state index in [-0.39, 0.29) is 11.2 Å². The molecule has 0 saturated carbocycles. The highest BCUT2D eigenvalue weighted by atomic mass is 35.5. The van der Waals surface area contributed by atoms with E-state index in [0.29, 0.717) is 24.0 Å². The Hall–Kier alpha value is -0.745. The van der Waals surface area contributed by atoms with Gasteiger partial charge in [-0.15, -0.1) is 0 Å². The Kier molecular flexibility index (Phi) is 4.88. The molecule has 6 heteroatoms. The predicted molar refractivity (Wildman–Crippen MR) is 84.5 cm³/mol. The molecule has 0 spiro atoms. The summed E-state index contributed by atoms with van der Waals surface area (Å²) in [6.45, 7) is 9.08. The maximum Gasteiger partial charge on any atom is 0.495 e. The lowest BCUT2D eigenvalue weighted by atomic mass is 9.79. The minimum absolute atomic E-state index is 0.378.